The highest BCUT2D eigenvalue weighted by Gasteiger charge is 2.08. The van der Waals surface area contributed by atoms with Crippen molar-refractivity contribution in [2.45, 2.75) is 19.4 Å². The smallest absolute Gasteiger partial charge is 0.131 e. The SMILES string of the molecule is CCC(Nc1cccc(Cl)n1)c1ccccc1. The van der Waals surface area contributed by atoms with Gasteiger partial charge in [0, 0.05) is 0 Å². The van der Waals surface area contributed by atoms with Gasteiger partial charge in [0.2, 0.25) is 0 Å². The molecule has 2 nitrogen and oxygen atoms in total. The van der Waals surface area contributed by atoms with E-state index in [1.165, 1.54) is 5.56 Å². The van der Waals surface area contributed by atoms with E-state index in [1.807, 2.05) is 30.3 Å². The molecule has 0 amide bonds. The van der Waals surface area contributed by atoms with Crippen molar-refractivity contribution in [2.75, 3.05) is 5.32 Å². The summed E-state index contributed by atoms with van der Waals surface area (Å²) in [6, 6.07) is 16.2. The summed E-state index contributed by atoms with van der Waals surface area (Å²) in [6.07, 6.45) is 0.998. The first-order valence-electron chi connectivity index (χ1n) is 5.73. The molecule has 0 aliphatic heterocycles. The summed E-state index contributed by atoms with van der Waals surface area (Å²) in [5, 5.41) is 3.90. The molecule has 88 valence electrons. The molecule has 0 aliphatic rings. The maximum absolute atomic E-state index is 5.87. The van der Waals surface area contributed by atoms with Crippen LogP contribution in [0.1, 0.15) is 24.9 Å². The highest BCUT2D eigenvalue weighted by atomic mass is 35.5. The molecule has 17 heavy (non-hydrogen) atoms. The average Bonchev–Trinajstić information content (AvgIpc) is 2.37. The van der Waals surface area contributed by atoms with Crippen LogP contribution in [0.2, 0.25) is 5.15 Å². The Balaban J connectivity index is 2.16. The summed E-state index contributed by atoms with van der Waals surface area (Å²) in [5.74, 6) is 0.813. The van der Waals surface area contributed by atoms with E-state index < -0.39 is 0 Å². The van der Waals surface area contributed by atoms with Gasteiger partial charge < -0.3 is 5.32 Å². The van der Waals surface area contributed by atoms with Crippen molar-refractivity contribution in [2.24, 2.45) is 0 Å². The number of nitrogens with zero attached hydrogens (tertiary/aromatic N) is 1. The highest BCUT2D eigenvalue weighted by Crippen LogP contribution is 2.21. The van der Waals surface area contributed by atoms with Crippen molar-refractivity contribution in [3.8, 4) is 0 Å². The number of nitrogens with one attached hydrogen (secondary N) is 1. The first kappa shape index (κ1) is 11.9. The van der Waals surface area contributed by atoms with Gasteiger partial charge in [0.05, 0.1) is 6.04 Å². The fourth-order valence-corrected chi connectivity index (χ4v) is 1.94. The Labute approximate surface area is 107 Å². The van der Waals surface area contributed by atoms with Gasteiger partial charge in [-0.25, -0.2) is 4.98 Å². The van der Waals surface area contributed by atoms with E-state index in [-0.39, 0.29) is 6.04 Å². The normalized spacial score (nSPS) is 12.1. The largest absolute Gasteiger partial charge is 0.363 e. The van der Waals surface area contributed by atoms with Gasteiger partial charge in [0.1, 0.15) is 11.0 Å². The van der Waals surface area contributed by atoms with Crippen LogP contribution in [0.25, 0.3) is 0 Å². The molecular formula is C14H15ClN2. The fraction of sp³-hybridized carbons (Fsp3) is 0.214. The Morgan fingerprint density at radius 2 is 1.88 bits per heavy atom. The standard InChI is InChI=1S/C14H15ClN2/c1-2-12(11-7-4-3-5-8-11)16-14-10-6-9-13(15)17-14/h3-10,12H,2H2,1H3,(H,16,17). The lowest BCUT2D eigenvalue weighted by atomic mass is 10.0. The number of anilines is 1. The molecule has 0 fully saturated rings. The summed E-state index contributed by atoms with van der Waals surface area (Å²) < 4.78 is 0. The number of benzene rings is 1. The maximum atomic E-state index is 5.87. The topological polar surface area (TPSA) is 24.9 Å². The van der Waals surface area contributed by atoms with Crippen molar-refractivity contribution in [1.82, 2.24) is 4.98 Å². The van der Waals surface area contributed by atoms with E-state index in [2.05, 4.69) is 29.4 Å². The third kappa shape index (κ3) is 3.21. The van der Waals surface area contributed by atoms with Crippen LogP contribution in [0.15, 0.2) is 48.5 Å². The number of rotatable bonds is 4. The van der Waals surface area contributed by atoms with Crippen LogP contribution in [0.4, 0.5) is 5.82 Å². The van der Waals surface area contributed by atoms with Gasteiger partial charge in [-0.15, -0.1) is 0 Å². The second kappa shape index (κ2) is 5.69. The van der Waals surface area contributed by atoms with E-state index >= 15 is 0 Å². The Hall–Kier alpha value is -1.54. The Bertz CT molecular complexity index is 471. The van der Waals surface area contributed by atoms with Gasteiger partial charge in [-0.1, -0.05) is 54.9 Å². The third-order valence-electron chi connectivity index (χ3n) is 2.65. The van der Waals surface area contributed by atoms with Gasteiger partial charge in [-0.05, 0) is 24.1 Å². The average molecular weight is 247 g/mol. The molecule has 1 aromatic heterocycles. The van der Waals surface area contributed by atoms with Gasteiger partial charge >= 0.3 is 0 Å². The molecule has 2 rings (SSSR count). The second-order valence-electron chi connectivity index (χ2n) is 3.86. The molecule has 2 aromatic rings. The molecule has 0 spiro atoms. The lowest BCUT2D eigenvalue weighted by Gasteiger charge is -2.18. The van der Waals surface area contributed by atoms with Crippen molar-refractivity contribution >= 4 is 17.4 Å². The first-order valence-corrected chi connectivity index (χ1v) is 6.11. The molecule has 0 bridgehead atoms. The van der Waals surface area contributed by atoms with Crippen LogP contribution in [0.3, 0.4) is 0 Å². The molecule has 1 N–H and O–H groups in total. The molecule has 0 saturated carbocycles. The minimum absolute atomic E-state index is 0.266. The molecular weight excluding hydrogens is 232 g/mol. The van der Waals surface area contributed by atoms with Crippen LogP contribution < -0.4 is 5.32 Å². The van der Waals surface area contributed by atoms with Gasteiger partial charge in [0.15, 0.2) is 0 Å². The van der Waals surface area contributed by atoms with Gasteiger partial charge in [0.25, 0.3) is 0 Å². The van der Waals surface area contributed by atoms with Crippen molar-refractivity contribution in [1.29, 1.82) is 0 Å². The number of aromatic nitrogens is 1. The molecule has 1 unspecified atom stereocenters. The van der Waals surface area contributed by atoms with Crippen molar-refractivity contribution in [3.05, 3.63) is 59.2 Å². The van der Waals surface area contributed by atoms with Crippen LogP contribution in [-0.2, 0) is 0 Å². The molecule has 1 atom stereocenters. The summed E-state index contributed by atoms with van der Waals surface area (Å²) in [7, 11) is 0. The maximum Gasteiger partial charge on any atom is 0.131 e. The Kier molecular flexibility index (Phi) is 3.99. The number of hydrogen-bond acceptors (Lipinski definition) is 2. The van der Waals surface area contributed by atoms with Gasteiger partial charge in [-0.2, -0.15) is 0 Å². The fourth-order valence-electron chi connectivity index (χ4n) is 1.77. The second-order valence-corrected chi connectivity index (χ2v) is 4.25. The van der Waals surface area contributed by atoms with Crippen molar-refractivity contribution in [3.63, 3.8) is 0 Å². The van der Waals surface area contributed by atoms with Crippen LogP contribution >= 0.6 is 11.6 Å². The van der Waals surface area contributed by atoms with Gasteiger partial charge in [-0.3, -0.25) is 0 Å². The molecule has 0 radical (unpaired) electrons. The van der Waals surface area contributed by atoms with E-state index in [0.717, 1.165) is 12.2 Å². The highest BCUT2D eigenvalue weighted by molar-refractivity contribution is 6.29. The summed E-state index contributed by atoms with van der Waals surface area (Å²) in [4.78, 5) is 4.24. The summed E-state index contributed by atoms with van der Waals surface area (Å²) >= 11 is 5.87. The molecule has 1 heterocycles. The lowest BCUT2D eigenvalue weighted by molar-refractivity contribution is 0.745. The van der Waals surface area contributed by atoms with E-state index in [4.69, 9.17) is 11.6 Å². The molecule has 0 aliphatic carbocycles. The van der Waals surface area contributed by atoms with Crippen LogP contribution in [-0.4, -0.2) is 4.98 Å². The lowest BCUT2D eigenvalue weighted by Crippen LogP contribution is -2.10. The number of pyridine rings is 1. The molecule has 0 saturated heterocycles. The Morgan fingerprint density at radius 3 is 2.53 bits per heavy atom. The zero-order chi connectivity index (χ0) is 12.1. The van der Waals surface area contributed by atoms with Crippen LogP contribution in [0, 0.1) is 0 Å². The zero-order valence-electron chi connectivity index (χ0n) is 9.73. The minimum atomic E-state index is 0.266. The summed E-state index contributed by atoms with van der Waals surface area (Å²) in [6.45, 7) is 2.15. The quantitative estimate of drug-likeness (QED) is 0.814. The predicted molar refractivity (Wildman–Crippen MR) is 72.3 cm³/mol. The monoisotopic (exact) mass is 246 g/mol. The van der Waals surface area contributed by atoms with E-state index in [1.54, 1.807) is 6.07 Å². The molecule has 3 heteroatoms. The third-order valence-corrected chi connectivity index (χ3v) is 2.86. The zero-order valence-corrected chi connectivity index (χ0v) is 10.5. The van der Waals surface area contributed by atoms with Crippen molar-refractivity contribution < 1.29 is 0 Å². The summed E-state index contributed by atoms with van der Waals surface area (Å²) in [5.41, 5.74) is 1.26. The van der Waals surface area contributed by atoms with E-state index in [0.29, 0.717) is 5.15 Å². The Morgan fingerprint density at radius 1 is 1.12 bits per heavy atom. The van der Waals surface area contributed by atoms with Crippen LogP contribution in [0.5, 0.6) is 0 Å². The molecule has 1 aromatic carbocycles. The van der Waals surface area contributed by atoms with E-state index in [9.17, 15) is 0 Å². The number of hydrogen-bond donors (Lipinski definition) is 1. The number of halogens is 1. The predicted octanol–water partition coefficient (Wildman–Crippen LogP) is 4.30. The minimum Gasteiger partial charge on any atom is -0.363 e. The first-order chi connectivity index (χ1) is 8.29.